The Morgan fingerprint density at radius 3 is 2.50 bits per heavy atom. The lowest BCUT2D eigenvalue weighted by Crippen LogP contribution is -2.43. The van der Waals surface area contributed by atoms with Crippen LogP contribution in [0.15, 0.2) is 5.16 Å². The van der Waals surface area contributed by atoms with E-state index in [1.54, 1.807) is 0 Å². The van der Waals surface area contributed by atoms with Gasteiger partial charge in [-0.15, -0.1) is 0 Å². The number of nitrogens with zero attached hydrogens (tertiary/aromatic N) is 2. The van der Waals surface area contributed by atoms with Gasteiger partial charge in [0.15, 0.2) is 0 Å². The van der Waals surface area contributed by atoms with Gasteiger partial charge in [0.2, 0.25) is 0 Å². The maximum absolute atomic E-state index is 5.66. The average Bonchev–Trinajstić information content (AvgIpc) is 2.56. The topological polar surface area (TPSA) is 24.8 Å². The first-order valence-corrected chi connectivity index (χ1v) is 5.55. The molecule has 0 saturated carbocycles. The molecule has 0 amide bonds. The largest absolute Gasteiger partial charge is 0.389 e. The predicted molar refractivity (Wildman–Crippen MR) is 57.4 cm³/mol. The minimum absolute atomic E-state index is 0.0616. The van der Waals surface area contributed by atoms with Gasteiger partial charge in [0.1, 0.15) is 5.60 Å². The Bertz CT molecular complexity index is 240. The van der Waals surface area contributed by atoms with Crippen molar-refractivity contribution in [2.75, 3.05) is 20.1 Å². The van der Waals surface area contributed by atoms with Gasteiger partial charge in [-0.1, -0.05) is 19.0 Å². The lowest BCUT2D eigenvalue weighted by atomic mass is 9.85. The zero-order chi connectivity index (χ0) is 10.2. The Kier molecular flexibility index (Phi) is 2.52. The highest BCUT2D eigenvalue weighted by molar-refractivity contribution is 5.87. The molecule has 0 aliphatic carbocycles. The van der Waals surface area contributed by atoms with Gasteiger partial charge in [-0.2, -0.15) is 0 Å². The van der Waals surface area contributed by atoms with Gasteiger partial charge in [-0.25, -0.2) is 0 Å². The molecule has 0 atom stereocenters. The highest BCUT2D eigenvalue weighted by Gasteiger charge is 2.41. The fraction of sp³-hybridized carbons (Fsp3) is 0.909. The van der Waals surface area contributed by atoms with Crippen molar-refractivity contribution in [2.24, 2.45) is 11.1 Å². The average molecular weight is 196 g/mol. The lowest BCUT2D eigenvalue weighted by Gasteiger charge is -2.35. The molecule has 2 aliphatic rings. The number of oxime groups is 1. The second-order valence-electron chi connectivity index (χ2n) is 4.99. The van der Waals surface area contributed by atoms with Crippen LogP contribution >= 0.6 is 0 Å². The van der Waals surface area contributed by atoms with Gasteiger partial charge in [-0.05, 0) is 13.0 Å². The quantitative estimate of drug-likeness (QED) is 0.639. The number of piperidine rings is 1. The molecule has 2 aliphatic heterocycles. The van der Waals surface area contributed by atoms with Crippen molar-refractivity contribution < 1.29 is 4.84 Å². The van der Waals surface area contributed by atoms with Crippen LogP contribution in [0.1, 0.15) is 33.1 Å². The molecular formula is C11H20N2O. The van der Waals surface area contributed by atoms with E-state index in [4.69, 9.17) is 4.84 Å². The summed E-state index contributed by atoms with van der Waals surface area (Å²) in [5.41, 5.74) is 1.31. The second kappa shape index (κ2) is 3.54. The Morgan fingerprint density at radius 2 is 2.00 bits per heavy atom. The molecule has 2 heterocycles. The molecule has 0 aromatic rings. The fourth-order valence-corrected chi connectivity index (χ4v) is 2.15. The first kappa shape index (κ1) is 9.97. The summed E-state index contributed by atoms with van der Waals surface area (Å²) in [6.07, 6.45) is 3.31. The smallest absolute Gasteiger partial charge is 0.145 e. The molecule has 14 heavy (non-hydrogen) atoms. The van der Waals surface area contributed by atoms with Gasteiger partial charge < -0.3 is 9.74 Å². The van der Waals surface area contributed by atoms with E-state index in [0.29, 0.717) is 5.92 Å². The van der Waals surface area contributed by atoms with Crippen LogP contribution in [-0.2, 0) is 4.84 Å². The third-order valence-electron chi connectivity index (χ3n) is 3.42. The Morgan fingerprint density at radius 1 is 1.36 bits per heavy atom. The molecule has 1 saturated heterocycles. The molecule has 2 rings (SSSR count). The van der Waals surface area contributed by atoms with Crippen molar-refractivity contribution in [2.45, 2.75) is 38.7 Å². The molecule has 0 unspecified atom stereocenters. The van der Waals surface area contributed by atoms with Gasteiger partial charge in [0, 0.05) is 32.4 Å². The molecule has 0 aromatic carbocycles. The van der Waals surface area contributed by atoms with E-state index in [9.17, 15) is 0 Å². The summed E-state index contributed by atoms with van der Waals surface area (Å²) in [7, 11) is 2.17. The second-order valence-corrected chi connectivity index (χ2v) is 4.99. The van der Waals surface area contributed by atoms with Crippen molar-refractivity contribution >= 4 is 5.71 Å². The third-order valence-corrected chi connectivity index (χ3v) is 3.42. The van der Waals surface area contributed by atoms with Gasteiger partial charge in [0.05, 0.1) is 5.71 Å². The molecule has 0 aromatic heterocycles. The zero-order valence-corrected chi connectivity index (χ0v) is 9.42. The normalized spacial score (nSPS) is 26.7. The molecule has 3 heteroatoms. The van der Waals surface area contributed by atoms with E-state index in [2.05, 4.69) is 31.0 Å². The molecule has 0 radical (unpaired) electrons. The van der Waals surface area contributed by atoms with Crippen molar-refractivity contribution in [3.8, 4) is 0 Å². The first-order chi connectivity index (χ1) is 6.61. The maximum atomic E-state index is 5.66. The Labute approximate surface area is 86.1 Å². The van der Waals surface area contributed by atoms with Crippen LogP contribution in [0.3, 0.4) is 0 Å². The van der Waals surface area contributed by atoms with Gasteiger partial charge in [0.25, 0.3) is 0 Å². The number of hydrogen-bond donors (Lipinski definition) is 0. The maximum Gasteiger partial charge on any atom is 0.145 e. The summed E-state index contributed by atoms with van der Waals surface area (Å²) in [6.45, 7) is 6.66. The summed E-state index contributed by atoms with van der Waals surface area (Å²) in [6, 6.07) is 0. The van der Waals surface area contributed by atoms with Crippen LogP contribution in [-0.4, -0.2) is 36.3 Å². The van der Waals surface area contributed by atoms with Crippen molar-refractivity contribution in [3.05, 3.63) is 0 Å². The predicted octanol–water partition coefficient (Wildman–Crippen LogP) is 1.88. The van der Waals surface area contributed by atoms with E-state index in [1.807, 2.05) is 0 Å². The number of rotatable bonds is 1. The van der Waals surface area contributed by atoms with Gasteiger partial charge in [-0.3, -0.25) is 0 Å². The van der Waals surface area contributed by atoms with Crippen LogP contribution < -0.4 is 0 Å². The van der Waals surface area contributed by atoms with E-state index >= 15 is 0 Å². The molecular weight excluding hydrogens is 176 g/mol. The summed E-state index contributed by atoms with van der Waals surface area (Å²) in [4.78, 5) is 8.03. The van der Waals surface area contributed by atoms with Gasteiger partial charge >= 0.3 is 0 Å². The summed E-state index contributed by atoms with van der Waals surface area (Å²) < 4.78 is 0. The number of likely N-dealkylation sites (tertiary alicyclic amines) is 1. The van der Waals surface area contributed by atoms with Crippen LogP contribution in [0.4, 0.5) is 0 Å². The Balaban J connectivity index is 1.96. The highest BCUT2D eigenvalue weighted by Crippen LogP contribution is 2.35. The lowest BCUT2D eigenvalue weighted by molar-refractivity contribution is -0.0578. The van der Waals surface area contributed by atoms with Crippen molar-refractivity contribution in [1.82, 2.24) is 4.90 Å². The van der Waals surface area contributed by atoms with Crippen molar-refractivity contribution in [1.29, 1.82) is 0 Å². The fourth-order valence-electron chi connectivity index (χ4n) is 2.15. The molecule has 3 nitrogen and oxygen atoms in total. The Hall–Kier alpha value is -0.570. The minimum atomic E-state index is 0.0616. The standard InChI is InChI=1S/C11H20N2O/c1-9(2)10-8-11(14-12-10)4-6-13(3)7-5-11/h9H,4-8H2,1-3H3. The molecule has 0 bridgehead atoms. The summed E-state index contributed by atoms with van der Waals surface area (Å²) in [5.74, 6) is 0.536. The molecule has 80 valence electrons. The molecule has 0 N–H and O–H groups in total. The van der Waals surface area contributed by atoms with Crippen molar-refractivity contribution in [3.63, 3.8) is 0 Å². The SMILES string of the molecule is CC(C)C1=NOC2(CCN(C)CC2)C1. The first-order valence-electron chi connectivity index (χ1n) is 5.55. The van der Waals surface area contributed by atoms with Crippen LogP contribution in [0.5, 0.6) is 0 Å². The van der Waals surface area contributed by atoms with Crippen LogP contribution in [0.2, 0.25) is 0 Å². The van der Waals surface area contributed by atoms with E-state index in [-0.39, 0.29) is 5.60 Å². The van der Waals surface area contributed by atoms with Crippen LogP contribution in [0.25, 0.3) is 0 Å². The number of hydrogen-bond acceptors (Lipinski definition) is 3. The summed E-state index contributed by atoms with van der Waals surface area (Å²) >= 11 is 0. The molecule has 1 fully saturated rings. The highest BCUT2D eigenvalue weighted by atomic mass is 16.7. The zero-order valence-electron chi connectivity index (χ0n) is 9.42. The van der Waals surface area contributed by atoms with E-state index in [0.717, 1.165) is 32.4 Å². The summed E-state index contributed by atoms with van der Waals surface area (Å²) in [5, 5.41) is 4.24. The third kappa shape index (κ3) is 1.78. The van der Waals surface area contributed by atoms with E-state index < -0.39 is 0 Å². The van der Waals surface area contributed by atoms with Crippen LogP contribution in [0, 0.1) is 5.92 Å². The molecule has 1 spiro atoms. The van der Waals surface area contributed by atoms with E-state index in [1.165, 1.54) is 5.71 Å². The minimum Gasteiger partial charge on any atom is -0.389 e. The monoisotopic (exact) mass is 196 g/mol.